The van der Waals surface area contributed by atoms with E-state index in [1.165, 1.54) is 30.6 Å². The number of aromatic nitrogens is 2. The van der Waals surface area contributed by atoms with E-state index in [4.69, 9.17) is 19.0 Å². The first kappa shape index (κ1) is 25.9. The van der Waals surface area contributed by atoms with Gasteiger partial charge in [-0.3, -0.25) is 0 Å². The van der Waals surface area contributed by atoms with Gasteiger partial charge in [0.1, 0.15) is 40.3 Å². The summed E-state index contributed by atoms with van der Waals surface area (Å²) in [5.74, 6) is -2.69. The van der Waals surface area contributed by atoms with Crippen molar-refractivity contribution >= 4 is 38.6 Å². The lowest BCUT2D eigenvalue weighted by Gasteiger charge is -2.38. The number of hydrogen-bond acceptors (Lipinski definition) is 9. The van der Waals surface area contributed by atoms with Crippen LogP contribution in [0.3, 0.4) is 0 Å². The first-order chi connectivity index (χ1) is 19.8. The molecule has 7 rings (SSSR count). The van der Waals surface area contributed by atoms with E-state index in [9.17, 15) is 23.5 Å². The lowest BCUT2D eigenvalue weighted by atomic mass is 9.99. The van der Waals surface area contributed by atoms with Crippen molar-refractivity contribution in [1.29, 1.82) is 0 Å². The number of nitrogens with zero attached hydrogens (tertiary/aromatic N) is 3. The van der Waals surface area contributed by atoms with Crippen LogP contribution in [0, 0.1) is 11.6 Å². The van der Waals surface area contributed by atoms with Gasteiger partial charge in [0.15, 0.2) is 10.9 Å². The van der Waals surface area contributed by atoms with Crippen LogP contribution in [0.25, 0.3) is 21.5 Å². The van der Waals surface area contributed by atoms with Gasteiger partial charge in [-0.15, -0.1) is 0 Å². The number of ether oxygens (including phenoxy) is 2. The Kier molecular flexibility index (Phi) is 6.18. The monoisotopic (exact) mass is 581 g/mol. The second-order valence-corrected chi connectivity index (χ2v) is 11.8. The van der Waals surface area contributed by atoms with Crippen LogP contribution in [0.15, 0.2) is 34.9 Å². The van der Waals surface area contributed by atoms with Crippen molar-refractivity contribution < 1.29 is 37.5 Å². The van der Waals surface area contributed by atoms with Crippen LogP contribution >= 0.6 is 11.3 Å². The van der Waals surface area contributed by atoms with E-state index in [1.54, 1.807) is 6.07 Å². The molecule has 0 radical (unpaired) electrons. The van der Waals surface area contributed by atoms with Crippen molar-refractivity contribution in [3.8, 4) is 17.0 Å². The Morgan fingerprint density at radius 2 is 1.80 bits per heavy atom. The number of methoxy groups -OCH3 is 1. The number of halogens is 2. The van der Waals surface area contributed by atoms with Crippen LogP contribution in [0.2, 0.25) is 0 Å². The Labute approximate surface area is 236 Å². The number of rotatable bonds is 7. The van der Waals surface area contributed by atoms with Gasteiger partial charge in [0.25, 0.3) is 0 Å². The zero-order valence-corrected chi connectivity index (χ0v) is 22.7. The molecular weight excluding hydrogens is 556 g/mol. The predicted octanol–water partition coefficient (Wildman–Crippen LogP) is 6.17. The van der Waals surface area contributed by atoms with E-state index >= 15 is 0 Å². The average molecular weight is 582 g/mol. The highest BCUT2D eigenvalue weighted by Gasteiger charge is 2.45. The van der Waals surface area contributed by atoms with Gasteiger partial charge in [-0.25, -0.2) is 23.4 Å². The smallest absolute Gasteiger partial charge is 0.344 e. The molecule has 2 aromatic carbocycles. The summed E-state index contributed by atoms with van der Waals surface area (Å²) in [4.78, 5) is 32.2. The summed E-state index contributed by atoms with van der Waals surface area (Å²) in [7, 11) is 1.49. The molecule has 2 atom stereocenters. The van der Waals surface area contributed by atoms with Crippen LogP contribution < -0.4 is 9.64 Å². The zero-order chi connectivity index (χ0) is 28.4. The number of piperidine rings is 1. The number of hydrogen-bond donors (Lipinski definition) is 1. The maximum absolute atomic E-state index is 14.6. The fourth-order valence-corrected chi connectivity index (χ4v) is 7.31. The van der Waals surface area contributed by atoms with Crippen molar-refractivity contribution in [2.75, 3.05) is 12.0 Å². The number of carbonyl (C=O) groups excluding carboxylic acids is 1. The summed E-state index contributed by atoms with van der Waals surface area (Å²) in [6.07, 6.45) is 4.10. The molecule has 1 saturated carbocycles. The van der Waals surface area contributed by atoms with E-state index in [2.05, 4.69) is 10.1 Å². The molecule has 212 valence electrons. The molecule has 3 fully saturated rings. The summed E-state index contributed by atoms with van der Waals surface area (Å²) in [6.45, 7) is 0. The third-order valence-electron chi connectivity index (χ3n) is 8.17. The van der Waals surface area contributed by atoms with Gasteiger partial charge in [-0.1, -0.05) is 22.6 Å². The maximum atomic E-state index is 14.6. The molecule has 4 heterocycles. The predicted molar refractivity (Wildman–Crippen MR) is 145 cm³/mol. The molecule has 4 aromatic rings. The Hall–Kier alpha value is -4.06. The summed E-state index contributed by atoms with van der Waals surface area (Å²) in [6, 6.07) is 6.68. The third-order valence-corrected chi connectivity index (χ3v) is 9.19. The van der Waals surface area contributed by atoms with Gasteiger partial charge in [0, 0.05) is 30.8 Å². The van der Waals surface area contributed by atoms with Gasteiger partial charge in [0.2, 0.25) is 0 Å². The van der Waals surface area contributed by atoms with E-state index in [-0.39, 0.29) is 34.8 Å². The van der Waals surface area contributed by atoms with Gasteiger partial charge < -0.3 is 24.0 Å². The van der Waals surface area contributed by atoms with Crippen LogP contribution in [-0.4, -0.2) is 52.5 Å². The first-order valence-electron chi connectivity index (χ1n) is 13.5. The largest absolute Gasteiger partial charge is 0.494 e. The molecule has 1 N–H and O–H groups in total. The van der Waals surface area contributed by atoms with Crippen LogP contribution in [-0.2, 0) is 4.74 Å². The van der Waals surface area contributed by atoms with Crippen molar-refractivity contribution in [2.24, 2.45) is 0 Å². The number of anilines is 1. The van der Waals surface area contributed by atoms with Gasteiger partial charge >= 0.3 is 11.9 Å². The van der Waals surface area contributed by atoms with E-state index in [0.29, 0.717) is 29.9 Å². The highest BCUT2D eigenvalue weighted by molar-refractivity contribution is 7.22. The second kappa shape index (κ2) is 9.79. The minimum atomic E-state index is -1.04. The molecule has 12 heteroatoms. The normalized spacial score (nSPS) is 21.8. The van der Waals surface area contributed by atoms with Gasteiger partial charge in [-0.05, 0) is 49.9 Å². The van der Waals surface area contributed by atoms with E-state index < -0.39 is 35.2 Å². The van der Waals surface area contributed by atoms with E-state index in [0.717, 1.165) is 47.6 Å². The Morgan fingerprint density at radius 3 is 2.44 bits per heavy atom. The minimum absolute atomic E-state index is 0.00113. The molecule has 0 amide bonds. The molecule has 41 heavy (non-hydrogen) atoms. The molecule has 3 aliphatic rings. The van der Waals surface area contributed by atoms with Crippen molar-refractivity contribution in [2.45, 2.75) is 62.6 Å². The molecule has 1 aliphatic carbocycles. The molecular formula is C29H25F2N3O6S. The van der Waals surface area contributed by atoms with Crippen molar-refractivity contribution in [3.63, 3.8) is 0 Å². The number of carbonyl (C=O) groups is 2. The van der Waals surface area contributed by atoms with Crippen LogP contribution in [0.1, 0.15) is 70.9 Å². The fraction of sp³-hybridized carbons (Fsp3) is 0.379. The molecule has 2 unspecified atom stereocenters. The lowest BCUT2D eigenvalue weighted by Crippen LogP contribution is -2.46. The number of esters is 1. The third kappa shape index (κ3) is 4.41. The highest BCUT2D eigenvalue weighted by Crippen LogP contribution is 2.47. The summed E-state index contributed by atoms with van der Waals surface area (Å²) in [5, 5.41) is 14.2. The summed E-state index contributed by atoms with van der Waals surface area (Å²) >= 11 is 1.41. The standard InChI is InChI=1S/C29H25F2N3O6S/c1-38-20-9-14(27(35)36)10-21-24(20)32-29(41-21)34-15-7-8-16(34)12-17(11-15)39-28(37)23-25(33-40-26(23)13-5-6-13)22-18(30)3-2-4-19(22)31/h2-4,9-10,13,15-17H,5-8,11-12H2,1H3,(H,35,36). The highest BCUT2D eigenvalue weighted by atomic mass is 32.1. The lowest BCUT2D eigenvalue weighted by molar-refractivity contribution is 0.0202. The van der Waals surface area contributed by atoms with Gasteiger partial charge in [-0.2, -0.15) is 0 Å². The number of fused-ring (bicyclic) bond motifs is 3. The van der Waals surface area contributed by atoms with Crippen molar-refractivity contribution in [3.05, 3.63) is 58.9 Å². The number of carboxylic acids is 1. The molecule has 2 saturated heterocycles. The summed E-state index contributed by atoms with van der Waals surface area (Å²) in [5.41, 5.74) is 0.170. The van der Waals surface area contributed by atoms with Crippen molar-refractivity contribution in [1.82, 2.24) is 10.1 Å². The summed E-state index contributed by atoms with van der Waals surface area (Å²) < 4.78 is 46.9. The molecule has 2 aromatic heterocycles. The average Bonchev–Trinajstić information content (AvgIpc) is 3.44. The minimum Gasteiger partial charge on any atom is -0.494 e. The van der Waals surface area contributed by atoms with Crippen LogP contribution in [0.4, 0.5) is 13.9 Å². The molecule has 2 aliphatic heterocycles. The SMILES string of the molecule is COc1cc(C(=O)O)cc2sc(N3C4CCC3CC(OC(=O)c3c(-c5c(F)cccc5F)noc3C3CC3)C4)nc12. The Morgan fingerprint density at radius 1 is 1.10 bits per heavy atom. The fourth-order valence-electron chi connectivity index (χ4n) is 6.14. The quantitative estimate of drug-likeness (QED) is 0.256. The second-order valence-electron chi connectivity index (χ2n) is 10.8. The Bertz CT molecular complexity index is 1660. The molecule has 9 nitrogen and oxygen atoms in total. The first-order valence-corrected chi connectivity index (χ1v) is 14.3. The number of benzene rings is 2. The number of carboxylic acid groups (broad SMARTS) is 1. The zero-order valence-electron chi connectivity index (χ0n) is 21.9. The maximum Gasteiger partial charge on any atom is 0.344 e. The molecule has 2 bridgehead atoms. The van der Waals surface area contributed by atoms with Crippen LogP contribution in [0.5, 0.6) is 5.75 Å². The topological polar surface area (TPSA) is 115 Å². The Balaban J connectivity index is 1.14. The number of aromatic carboxylic acids is 1. The van der Waals surface area contributed by atoms with Gasteiger partial charge in [0.05, 0.1) is 22.9 Å². The van der Waals surface area contributed by atoms with E-state index in [1.807, 2.05) is 0 Å². The molecule has 0 spiro atoms. The number of thiazole rings is 1.